The topological polar surface area (TPSA) is 24.9 Å². The quantitative estimate of drug-likeness (QED) is 0.832. The van der Waals surface area contributed by atoms with Crippen molar-refractivity contribution in [2.24, 2.45) is 0 Å². The van der Waals surface area contributed by atoms with E-state index in [-0.39, 0.29) is 5.41 Å². The van der Waals surface area contributed by atoms with Crippen LogP contribution < -0.4 is 5.32 Å². The zero-order valence-corrected chi connectivity index (χ0v) is 14.8. The van der Waals surface area contributed by atoms with E-state index in [9.17, 15) is 0 Å². The lowest BCUT2D eigenvalue weighted by molar-refractivity contribution is 0.554. The largest absolute Gasteiger partial charge is 0.304 e. The van der Waals surface area contributed by atoms with Crippen molar-refractivity contribution in [1.29, 1.82) is 0 Å². The molecule has 108 valence electrons. The number of aromatic nitrogens is 1. The Morgan fingerprint density at radius 3 is 2.45 bits per heavy atom. The van der Waals surface area contributed by atoms with E-state index in [4.69, 9.17) is 4.98 Å². The summed E-state index contributed by atoms with van der Waals surface area (Å²) in [6.45, 7) is 9.59. The van der Waals surface area contributed by atoms with Gasteiger partial charge in [-0.15, -0.1) is 11.3 Å². The Morgan fingerprint density at radius 1 is 1.25 bits per heavy atom. The number of benzene rings is 1. The maximum Gasteiger partial charge on any atom is 0.107 e. The normalized spacial score (nSPS) is 13.4. The molecule has 0 saturated carbocycles. The summed E-state index contributed by atoms with van der Waals surface area (Å²) in [6.07, 6.45) is 0. The second-order valence-corrected chi connectivity index (χ2v) is 7.89. The molecule has 2 rings (SSSR count). The molecule has 0 aliphatic carbocycles. The highest BCUT2D eigenvalue weighted by Gasteiger charge is 2.17. The van der Waals surface area contributed by atoms with Crippen molar-refractivity contribution < 1.29 is 0 Å². The maximum atomic E-state index is 4.71. The van der Waals surface area contributed by atoms with Crippen LogP contribution in [0.3, 0.4) is 0 Å². The molecule has 0 saturated heterocycles. The molecule has 1 N–H and O–H groups in total. The molecule has 0 aliphatic heterocycles. The summed E-state index contributed by atoms with van der Waals surface area (Å²) in [5, 5.41) is 6.85. The molecule has 0 spiro atoms. The first-order chi connectivity index (χ1) is 9.36. The number of hydrogen-bond donors (Lipinski definition) is 1. The third-order valence-electron chi connectivity index (χ3n) is 3.25. The fraction of sp³-hybridized carbons (Fsp3) is 0.438. The summed E-state index contributed by atoms with van der Waals surface area (Å²) in [5.74, 6) is 0. The van der Waals surface area contributed by atoms with Gasteiger partial charge in [-0.2, -0.15) is 0 Å². The van der Waals surface area contributed by atoms with Gasteiger partial charge in [-0.25, -0.2) is 4.98 Å². The first-order valence-corrected chi connectivity index (χ1v) is 8.47. The summed E-state index contributed by atoms with van der Waals surface area (Å²) in [5.41, 5.74) is 2.60. The molecule has 1 aromatic heterocycles. The van der Waals surface area contributed by atoms with Crippen LogP contribution in [0.4, 0.5) is 0 Å². The van der Waals surface area contributed by atoms with E-state index < -0.39 is 0 Å². The van der Waals surface area contributed by atoms with Gasteiger partial charge in [-0.3, -0.25) is 0 Å². The predicted octanol–water partition coefficient (Wildman–Crippen LogP) is 5.05. The second-order valence-electron chi connectivity index (χ2n) is 6.03. The highest BCUT2D eigenvalue weighted by molar-refractivity contribution is 9.10. The van der Waals surface area contributed by atoms with Gasteiger partial charge in [0.25, 0.3) is 0 Å². The second kappa shape index (κ2) is 6.37. The molecule has 1 unspecified atom stereocenters. The van der Waals surface area contributed by atoms with Gasteiger partial charge in [0.15, 0.2) is 0 Å². The molecule has 0 amide bonds. The molecular weight excluding hydrogens is 332 g/mol. The van der Waals surface area contributed by atoms with E-state index in [1.165, 1.54) is 11.3 Å². The summed E-state index contributed by atoms with van der Waals surface area (Å²) in [4.78, 5) is 4.71. The molecule has 1 aromatic carbocycles. The molecule has 2 nitrogen and oxygen atoms in total. The Hall–Kier alpha value is -0.710. The number of nitrogens with zero attached hydrogens (tertiary/aromatic N) is 1. The standard InChI is InChI=1S/C16H21BrN2S/c1-11(12-5-7-13(17)8-6-12)18-9-15-19-14(10-20-15)16(2,3)4/h5-8,10-11,18H,9H2,1-4H3. The van der Waals surface area contributed by atoms with Gasteiger partial charge >= 0.3 is 0 Å². The van der Waals surface area contributed by atoms with E-state index in [1.54, 1.807) is 11.3 Å². The zero-order chi connectivity index (χ0) is 14.8. The van der Waals surface area contributed by atoms with Crippen LogP contribution in [-0.2, 0) is 12.0 Å². The van der Waals surface area contributed by atoms with E-state index in [0.29, 0.717) is 6.04 Å². The Labute approximate surface area is 133 Å². The van der Waals surface area contributed by atoms with Gasteiger partial charge in [-0.1, -0.05) is 48.8 Å². The molecular formula is C16H21BrN2S. The first kappa shape index (κ1) is 15.7. The van der Waals surface area contributed by atoms with Crippen LogP contribution in [-0.4, -0.2) is 4.98 Å². The van der Waals surface area contributed by atoms with Crippen LogP contribution in [0.15, 0.2) is 34.1 Å². The Kier molecular flexibility index (Phi) is 4.99. The van der Waals surface area contributed by atoms with E-state index in [1.807, 2.05) is 0 Å². The Morgan fingerprint density at radius 2 is 1.90 bits per heavy atom. The minimum atomic E-state index is 0.131. The highest BCUT2D eigenvalue weighted by Crippen LogP contribution is 2.24. The van der Waals surface area contributed by atoms with Crippen LogP contribution in [0.2, 0.25) is 0 Å². The lowest BCUT2D eigenvalue weighted by Gasteiger charge is -2.15. The minimum absolute atomic E-state index is 0.131. The Bertz CT molecular complexity index is 555. The molecule has 0 fully saturated rings. The Balaban J connectivity index is 1.95. The summed E-state index contributed by atoms with van der Waals surface area (Å²) in [6, 6.07) is 8.77. The van der Waals surface area contributed by atoms with Gasteiger partial charge in [0, 0.05) is 27.9 Å². The fourth-order valence-electron chi connectivity index (χ4n) is 1.85. The zero-order valence-electron chi connectivity index (χ0n) is 12.4. The average Bonchev–Trinajstić information content (AvgIpc) is 2.85. The summed E-state index contributed by atoms with van der Waals surface area (Å²) in [7, 11) is 0. The first-order valence-electron chi connectivity index (χ1n) is 6.80. The number of hydrogen-bond acceptors (Lipinski definition) is 3. The van der Waals surface area contributed by atoms with Gasteiger partial charge < -0.3 is 5.32 Å². The fourth-order valence-corrected chi connectivity index (χ4v) is 3.08. The van der Waals surface area contributed by atoms with Crippen molar-refractivity contribution in [2.75, 3.05) is 0 Å². The minimum Gasteiger partial charge on any atom is -0.304 e. The third-order valence-corrected chi connectivity index (χ3v) is 4.63. The van der Waals surface area contributed by atoms with Crippen molar-refractivity contribution in [2.45, 2.75) is 45.7 Å². The molecule has 0 aliphatic rings. The molecule has 2 aromatic rings. The van der Waals surface area contributed by atoms with Crippen LogP contribution in [0.1, 0.15) is 50.0 Å². The lowest BCUT2D eigenvalue weighted by Crippen LogP contribution is -2.18. The molecule has 20 heavy (non-hydrogen) atoms. The number of halogens is 1. The van der Waals surface area contributed by atoms with Crippen LogP contribution in [0.25, 0.3) is 0 Å². The molecule has 1 atom stereocenters. The van der Waals surface area contributed by atoms with Crippen LogP contribution >= 0.6 is 27.3 Å². The molecule has 0 bridgehead atoms. The SMILES string of the molecule is CC(NCc1nc(C(C)(C)C)cs1)c1ccc(Br)cc1. The van der Waals surface area contributed by atoms with E-state index in [0.717, 1.165) is 16.0 Å². The number of nitrogens with one attached hydrogen (secondary N) is 1. The number of thiazole rings is 1. The maximum absolute atomic E-state index is 4.71. The molecule has 0 radical (unpaired) electrons. The van der Waals surface area contributed by atoms with Crippen LogP contribution in [0, 0.1) is 0 Å². The van der Waals surface area contributed by atoms with Gasteiger partial charge in [0.05, 0.1) is 5.69 Å². The summed E-state index contributed by atoms with van der Waals surface area (Å²) < 4.78 is 1.11. The van der Waals surface area contributed by atoms with Gasteiger partial charge in [0.1, 0.15) is 5.01 Å². The molecule has 1 heterocycles. The van der Waals surface area contributed by atoms with Gasteiger partial charge in [-0.05, 0) is 24.6 Å². The van der Waals surface area contributed by atoms with Crippen molar-refractivity contribution in [3.63, 3.8) is 0 Å². The number of rotatable bonds is 4. The average molecular weight is 353 g/mol. The van der Waals surface area contributed by atoms with Crippen molar-refractivity contribution in [1.82, 2.24) is 10.3 Å². The lowest BCUT2D eigenvalue weighted by atomic mass is 9.93. The molecule has 4 heteroatoms. The van der Waals surface area contributed by atoms with Gasteiger partial charge in [0.2, 0.25) is 0 Å². The van der Waals surface area contributed by atoms with E-state index >= 15 is 0 Å². The van der Waals surface area contributed by atoms with Crippen molar-refractivity contribution >= 4 is 27.3 Å². The van der Waals surface area contributed by atoms with Crippen molar-refractivity contribution in [3.05, 3.63) is 50.4 Å². The van der Waals surface area contributed by atoms with E-state index in [2.05, 4.69) is 78.6 Å². The smallest absolute Gasteiger partial charge is 0.107 e. The predicted molar refractivity (Wildman–Crippen MR) is 90.2 cm³/mol. The van der Waals surface area contributed by atoms with Crippen LogP contribution in [0.5, 0.6) is 0 Å². The summed E-state index contributed by atoms with van der Waals surface area (Å²) >= 11 is 5.20. The third kappa shape index (κ3) is 4.14. The monoisotopic (exact) mass is 352 g/mol. The van der Waals surface area contributed by atoms with Crippen molar-refractivity contribution in [3.8, 4) is 0 Å². The highest BCUT2D eigenvalue weighted by atomic mass is 79.9.